The SMILES string of the molecule is CCN(Cc1ccc(OC)c(OC)c1)C(=O)COc1cccnc1Cl. The number of likely N-dealkylation sites (N-methyl/N-ethyl adjacent to an activating group) is 1. The van der Waals surface area contributed by atoms with Crippen LogP contribution in [0.4, 0.5) is 0 Å². The fourth-order valence-corrected chi connectivity index (χ4v) is 2.46. The van der Waals surface area contributed by atoms with E-state index in [1.54, 1.807) is 37.4 Å². The number of rotatable bonds is 8. The lowest BCUT2D eigenvalue weighted by atomic mass is 10.2. The molecule has 0 spiro atoms. The van der Waals surface area contributed by atoms with E-state index in [0.29, 0.717) is 30.3 Å². The van der Waals surface area contributed by atoms with Crippen molar-refractivity contribution in [1.82, 2.24) is 9.88 Å². The molecule has 0 atom stereocenters. The molecular weight excluding hydrogens is 344 g/mol. The lowest BCUT2D eigenvalue weighted by molar-refractivity contribution is -0.133. The standard InChI is InChI=1S/C18H21ClN2O4/c1-4-21(11-13-7-8-14(23-2)16(10-13)24-3)17(22)12-25-15-6-5-9-20-18(15)19/h5-10H,4,11-12H2,1-3H3. The molecule has 2 rings (SSSR count). The van der Waals surface area contributed by atoms with Gasteiger partial charge < -0.3 is 19.1 Å². The van der Waals surface area contributed by atoms with Gasteiger partial charge in [-0.15, -0.1) is 0 Å². The maximum absolute atomic E-state index is 12.4. The molecule has 0 aliphatic rings. The van der Waals surface area contributed by atoms with Crippen molar-refractivity contribution in [1.29, 1.82) is 0 Å². The summed E-state index contributed by atoms with van der Waals surface area (Å²) in [5.74, 6) is 1.52. The zero-order valence-electron chi connectivity index (χ0n) is 14.5. The molecule has 134 valence electrons. The van der Waals surface area contributed by atoms with Gasteiger partial charge in [0, 0.05) is 19.3 Å². The molecule has 1 aromatic heterocycles. The van der Waals surface area contributed by atoms with Gasteiger partial charge in [0.15, 0.2) is 29.0 Å². The summed E-state index contributed by atoms with van der Waals surface area (Å²) in [5.41, 5.74) is 0.937. The van der Waals surface area contributed by atoms with Gasteiger partial charge in [-0.25, -0.2) is 4.98 Å². The first-order valence-corrected chi connectivity index (χ1v) is 8.18. The average Bonchev–Trinajstić information content (AvgIpc) is 2.64. The van der Waals surface area contributed by atoms with Crippen molar-refractivity contribution in [2.75, 3.05) is 27.4 Å². The lowest BCUT2D eigenvalue weighted by Crippen LogP contribution is -2.34. The summed E-state index contributed by atoms with van der Waals surface area (Å²) in [4.78, 5) is 18.0. The van der Waals surface area contributed by atoms with Crippen molar-refractivity contribution in [2.24, 2.45) is 0 Å². The van der Waals surface area contributed by atoms with Gasteiger partial charge in [-0.1, -0.05) is 17.7 Å². The number of carbonyl (C=O) groups excluding carboxylic acids is 1. The summed E-state index contributed by atoms with van der Waals surface area (Å²) < 4.78 is 16.0. The molecule has 0 N–H and O–H groups in total. The van der Waals surface area contributed by atoms with Crippen LogP contribution in [0.5, 0.6) is 17.2 Å². The number of nitrogens with zero attached hydrogens (tertiary/aromatic N) is 2. The summed E-state index contributed by atoms with van der Waals surface area (Å²) >= 11 is 5.93. The Morgan fingerprint density at radius 3 is 2.56 bits per heavy atom. The van der Waals surface area contributed by atoms with Gasteiger partial charge in [-0.05, 0) is 36.8 Å². The Morgan fingerprint density at radius 1 is 1.16 bits per heavy atom. The van der Waals surface area contributed by atoms with E-state index in [9.17, 15) is 4.79 Å². The molecule has 1 aromatic carbocycles. The van der Waals surface area contributed by atoms with Gasteiger partial charge in [0.2, 0.25) is 0 Å². The van der Waals surface area contributed by atoms with E-state index in [-0.39, 0.29) is 17.7 Å². The van der Waals surface area contributed by atoms with Crippen molar-refractivity contribution in [3.63, 3.8) is 0 Å². The smallest absolute Gasteiger partial charge is 0.260 e. The Kier molecular flexibility index (Phi) is 6.89. The Hall–Kier alpha value is -2.47. The zero-order valence-corrected chi connectivity index (χ0v) is 15.2. The van der Waals surface area contributed by atoms with Crippen molar-refractivity contribution in [3.8, 4) is 17.2 Å². The van der Waals surface area contributed by atoms with Crippen LogP contribution < -0.4 is 14.2 Å². The fourth-order valence-electron chi connectivity index (χ4n) is 2.29. The molecule has 0 aliphatic carbocycles. The van der Waals surface area contributed by atoms with Gasteiger partial charge in [-0.2, -0.15) is 0 Å². The maximum atomic E-state index is 12.4. The highest BCUT2D eigenvalue weighted by atomic mass is 35.5. The number of hydrogen-bond donors (Lipinski definition) is 0. The normalized spacial score (nSPS) is 10.2. The van der Waals surface area contributed by atoms with Crippen LogP contribution in [0.1, 0.15) is 12.5 Å². The van der Waals surface area contributed by atoms with E-state index in [1.165, 1.54) is 0 Å². The number of amides is 1. The molecule has 6 nitrogen and oxygen atoms in total. The minimum absolute atomic E-state index is 0.105. The molecule has 0 unspecified atom stereocenters. The first-order chi connectivity index (χ1) is 12.1. The number of hydrogen-bond acceptors (Lipinski definition) is 5. The molecular formula is C18H21ClN2O4. The number of halogens is 1. The van der Waals surface area contributed by atoms with Crippen LogP contribution >= 0.6 is 11.6 Å². The van der Waals surface area contributed by atoms with Crippen molar-refractivity contribution >= 4 is 17.5 Å². The van der Waals surface area contributed by atoms with E-state index in [4.69, 9.17) is 25.8 Å². The van der Waals surface area contributed by atoms with Crippen LogP contribution in [0.25, 0.3) is 0 Å². The minimum Gasteiger partial charge on any atom is -0.493 e. The Morgan fingerprint density at radius 2 is 1.92 bits per heavy atom. The van der Waals surface area contributed by atoms with Gasteiger partial charge in [0.25, 0.3) is 5.91 Å². The third-order valence-corrected chi connectivity index (χ3v) is 3.92. The summed E-state index contributed by atoms with van der Waals surface area (Å²) in [5, 5.41) is 0.234. The Balaban J connectivity index is 2.01. The molecule has 0 saturated carbocycles. The number of carbonyl (C=O) groups is 1. The number of methoxy groups -OCH3 is 2. The summed E-state index contributed by atoms with van der Waals surface area (Å²) in [6.45, 7) is 2.80. The van der Waals surface area contributed by atoms with Gasteiger partial charge >= 0.3 is 0 Å². The predicted molar refractivity (Wildman–Crippen MR) is 95.4 cm³/mol. The van der Waals surface area contributed by atoms with Gasteiger partial charge in [0.1, 0.15) is 0 Å². The molecule has 0 aliphatic heterocycles. The third kappa shape index (κ3) is 5.00. The van der Waals surface area contributed by atoms with Crippen LogP contribution in [0, 0.1) is 0 Å². The Labute approximate surface area is 152 Å². The molecule has 0 bridgehead atoms. The molecule has 1 amide bonds. The minimum atomic E-state index is -0.141. The summed E-state index contributed by atoms with van der Waals surface area (Å²) in [6.07, 6.45) is 1.56. The average molecular weight is 365 g/mol. The lowest BCUT2D eigenvalue weighted by Gasteiger charge is -2.21. The molecule has 0 radical (unpaired) electrons. The third-order valence-electron chi connectivity index (χ3n) is 3.63. The second-order valence-corrected chi connectivity index (χ2v) is 5.54. The molecule has 0 fully saturated rings. The zero-order chi connectivity index (χ0) is 18.2. The molecule has 1 heterocycles. The quantitative estimate of drug-likeness (QED) is 0.673. The van der Waals surface area contributed by atoms with Crippen LogP contribution in [0.15, 0.2) is 36.5 Å². The van der Waals surface area contributed by atoms with Crippen molar-refractivity contribution in [3.05, 3.63) is 47.2 Å². The molecule has 0 saturated heterocycles. The first-order valence-electron chi connectivity index (χ1n) is 7.81. The highest BCUT2D eigenvalue weighted by Gasteiger charge is 2.15. The van der Waals surface area contributed by atoms with Gasteiger partial charge in [0.05, 0.1) is 14.2 Å². The van der Waals surface area contributed by atoms with Crippen LogP contribution in [-0.4, -0.2) is 43.2 Å². The monoisotopic (exact) mass is 364 g/mol. The molecule has 7 heteroatoms. The first kappa shape index (κ1) is 18.9. The second kappa shape index (κ2) is 9.13. The summed E-state index contributed by atoms with van der Waals surface area (Å²) in [6, 6.07) is 8.95. The Bertz CT molecular complexity index is 724. The number of aromatic nitrogens is 1. The van der Waals surface area contributed by atoms with Crippen molar-refractivity contribution < 1.29 is 19.0 Å². The number of pyridine rings is 1. The number of benzene rings is 1. The highest BCUT2D eigenvalue weighted by molar-refractivity contribution is 6.30. The number of ether oxygens (including phenoxy) is 3. The van der Waals surface area contributed by atoms with Crippen LogP contribution in [0.2, 0.25) is 5.15 Å². The van der Waals surface area contributed by atoms with E-state index in [1.807, 2.05) is 25.1 Å². The van der Waals surface area contributed by atoms with E-state index < -0.39 is 0 Å². The van der Waals surface area contributed by atoms with Crippen LogP contribution in [0.3, 0.4) is 0 Å². The van der Waals surface area contributed by atoms with E-state index in [0.717, 1.165) is 5.56 Å². The maximum Gasteiger partial charge on any atom is 0.260 e. The van der Waals surface area contributed by atoms with Crippen LogP contribution in [-0.2, 0) is 11.3 Å². The largest absolute Gasteiger partial charge is 0.493 e. The second-order valence-electron chi connectivity index (χ2n) is 5.18. The molecule has 25 heavy (non-hydrogen) atoms. The topological polar surface area (TPSA) is 60.9 Å². The van der Waals surface area contributed by atoms with Crippen molar-refractivity contribution in [2.45, 2.75) is 13.5 Å². The summed E-state index contributed by atoms with van der Waals surface area (Å²) in [7, 11) is 3.16. The van der Waals surface area contributed by atoms with E-state index >= 15 is 0 Å². The van der Waals surface area contributed by atoms with E-state index in [2.05, 4.69) is 4.98 Å². The fraction of sp³-hybridized carbons (Fsp3) is 0.333. The van der Waals surface area contributed by atoms with Gasteiger partial charge in [-0.3, -0.25) is 4.79 Å². The highest BCUT2D eigenvalue weighted by Crippen LogP contribution is 2.28. The molecule has 2 aromatic rings. The predicted octanol–water partition coefficient (Wildman–Crippen LogP) is 3.18.